The Morgan fingerprint density at radius 1 is 1.20 bits per heavy atom. The molecule has 2 amide bonds. The quantitative estimate of drug-likeness (QED) is 0.654. The summed E-state index contributed by atoms with van der Waals surface area (Å²) in [4.78, 5) is 29.8. The molecule has 0 spiro atoms. The second-order valence-corrected chi connectivity index (χ2v) is 8.35. The lowest BCUT2D eigenvalue weighted by Gasteiger charge is -2.28. The third-order valence-corrected chi connectivity index (χ3v) is 5.88. The zero-order chi connectivity index (χ0) is 20.9. The van der Waals surface area contributed by atoms with Crippen LogP contribution in [0.4, 0.5) is 11.4 Å². The Labute approximate surface area is 178 Å². The molecule has 0 bridgehead atoms. The third kappa shape index (κ3) is 4.86. The Morgan fingerprint density at radius 3 is 2.67 bits per heavy atom. The van der Waals surface area contributed by atoms with Crippen molar-refractivity contribution in [3.8, 4) is 0 Å². The normalized spacial score (nSPS) is 16.0. The molecule has 0 atom stereocenters. The second kappa shape index (κ2) is 9.37. The Balaban J connectivity index is 1.65. The Kier molecular flexibility index (Phi) is 6.41. The summed E-state index contributed by atoms with van der Waals surface area (Å²) < 4.78 is 5.58. The third-order valence-electron chi connectivity index (χ3n) is 5.88. The van der Waals surface area contributed by atoms with Gasteiger partial charge in [0, 0.05) is 31.2 Å². The summed E-state index contributed by atoms with van der Waals surface area (Å²) in [7, 11) is 0. The summed E-state index contributed by atoms with van der Waals surface area (Å²) in [6, 6.07) is 9.60. The van der Waals surface area contributed by atoms with Gasteiger partial charge >= 0.3 is 0 Å². The number of rotatable bonds is 9. The molecule has 1 N–H and O–H groups in total. The van der Waals surface area contributed by atoms with Crippen molar-refractivity contribution in [3.63, 3.8) is 0 Å². The lowest BCUT2D eigenvalue weighted by Crippen LogP contribution is -2.31. The maximum Gasteiger partial charge on any atom is 0.256 e. The zero-order valence-corrected chi connectivity index (χ0v) is 17.7. The van der Waals surface area contributed by atoms with Gasteiger partial charge in [-0.25, -0.2) is 0 Å². The van der Waals surface area contributed by atoms with Crippen LogP contribution in [-0.2, 0) is 11.3 Å². The molecule has 2 heterocycles. The number of carbonyl (C=O) groups is 2. The highest BCUT2D eigenvalue weighted by molar-refractivity contribution is 6.02. The molecule has 1 saturated heterocycles. The van der Waals surface area contributed by atoms with Crippen molar-refractivity contribution in [3.05, 3.63) is 47.9 Å². The Morgan fingerprint density at radius 2 is 2.00 bits per heavy atom. The number of carbonyl (C=O) groups excluding carboxylic acids is 2. The highest BCUT2D eigenvalue weighted by Gasteiger charge is 2.30. The first-order valence-corrected chi connectivity index (χ1v) is 11.2. The first kappa shape index (κ1) is 20.5. The highest BCUT2D eigenvalue weighted by atomic mass is 16.3. The molecular formula is C24H31N3O3. The van der Waals surface area contributed by atoms with Crippen molar-refractivity contribution in [2.24, 2.45) is 5.92 Å². The van der Waals surface area contributed by atoms with E-state index in [1.54, 1.807) is 6.26 Å². The van der Waals surface area contributed by atoms with Gasteiger partial charge in [0.15, 0.2) is 0 Å². The van der Waals surface area contributed by atoms with Crippen molar-refractivity contribution in [2.75, 3.05) is 29.9 Å². The molecule has 2 fully saturated rings. The van der Waals surface area contributed by atoms with Crippen LogP contribution in [0.3, 0.4) is 0 Å². The summed E-state index contributed by atoms with van der Waals surface area (Å²) in [6.07, 6.45) is 7.78. The maximum absolute atomic E-state index is 13.4. The average Bonchev–Trinajstić information content (AvgIpc) is 3.23. The SMILES string of the molecule is CCCCN(Cc1ccco1)c1ccc(NC(=O)C2CC2)cc1C(=O)N1CCCC1. The van der Waals surface area contributed by atoms with Crippen LogP contribution in [0.5, 0.6) is 0 Å². The largest absolute Gasteiger partial charge is 0.467 e. The van der Waals surface area contributed by atoms with Gasteiger partial charge in [-0.05, 0) is 62.4 Å². The van der Waals surface area contributed by atoms with E-state index in [1.807, 2.05) is 35.2 Å². The van der Waals surface area contributed by atoms with Crippen molar-refractivity contribution < 1.29 is 14.0 Å². The molecule has 30 heavy (non-hydrogen) atoms. The minimum absolute atomic E-state index is 0.0472. The number of furan rings is 1. The molecule has 6 nitrogen and oxygen atoms in total. The fourth-order valence-electron chi connectivity index (χ4n) is 3.97. The molecular weight excluding hydrogens is 378 g/mol. The molecule has 1 aromatic heterocycles. The fraction of sp³-hybridized carbons (Fsp3) is 0.500. The van der Waals surface area contributed by atoms with E-state index in [9.17, 15) is 9.59 Å². The number of likely N-dealkylation sites (tertiary alicyclic amines) is 1. The van der Waals surface area contributed by atoms with Gasteiger partial charge in [0.2, 0.25) is 5.91 Å². The smallest absolute Gasteiger partial charge is 0.256 e. The predicted molar refractivity (Wildman–Crippen MR) is 118 cm³/mol. The van der Waals surface area contributed by atoms with E-state index in [0.29, 0.717) is 17.8 Å². The molecule has 1 aliphatic heterocycles. The molecule has 2 aromatic rings. The number of unbranched alkanes of at least 4 members (excludes halogenated alkanes) is 1. The lowest BCUT2D eigenvalue weighted by molar-refractivity contribution is -0.117. The second-order valence-electron chi connectivity index (χ2n) is 8.35. The van der Waals surface area contributed by atoms with Gasteiger partial charge in [0.1, 0.15) is 5.76 Å². The van der Waals surface area contributed by atoms with E-state index in [-0.39, 0.29) is 17.7 Å². The van der Waals surface area contributed by atoms with Crippen LogP contribution in [0.25, 0.3) is 0 Å². The summed E-state index contributed by atoms with van der Waals surface area (Å²) >= 11 is 0. The van der Waals surface area contributed by atoms with Crippen molar-refractivity contribution in [2.45, 2.75) is 52.0 Å². The van der Waals surface area contributed by atoms with Gasteiger partial charge in [-0.1, -0.05) is 13.3 Å². The standard InChI is InChI=1S/C24H31N3O3/c1-2-3-12-27(17-20-7-6-15-30-20)22-11-10-19(25-23(28)18-8-9-18)16-21(22)24(29)26-13-4-5-14-26/h6-7,10-11,15-16,18H,2-5,8-9,12-14,17H2,1H3,(H,25,28). The van der Waals surface area contributed by atoms with Crippen LogP contribution in [0.2, 0.25) is 0 Å². The van der Waals surface area contributed by atoms with E-state index in [0.717, 1.165) is 69.6 Å². The van der Waals surface area contributed by atoms with Gasteiger partial charge in [-0.15, -0.1) is 0 Å². The van der Waals surface area contributed by atoms with Gasteiger partial charge in [-0.3, -0.25) is 9.59 Å². The first-order valence-electron chi connectivity index (χ1n) is 11.2. The van der Waals surface area contributed by atoms with Crippen LogP contribution >= 0.6 is 0 Å². The minimum atomic E-state index is 0.0472. The van der Waals surface area contributed by atoms with E-state index in [4.69, 9.17) is 4.42 Å². The number of hydrogen-bond acceptors (Lipinski definition) is 4. The summed E-state index contributed by atoms with van der Waals surface area (Å²) in [5, 5.41) is 3.00. The highest BCUT2D eigenvalue weighted by Crippen LogP contribution is 2.32. The number of hydrogen-bond donors (Lipinski definition) is 1. The van der Waals surface area contributed by atoms with Crippen molar-refractivity contribution >= 4 is 23.2 Å². The molecule has 6 heteroatoms. The monoisotopic (exact) mass is 409 g/mol. The Hall–Kier alpha value is -2.76. The van der Waals surface area contributed by atoms with Gasteiger partial charge < -0.3 is 19.5 Å². The fourth-order valence-corrected chi connectivity index (χ4v) is 3.97. The van der Waals surface area contributed by atoms with Crippen LogP contribution in [0, 0.1) is 5.92 Å². The predicted octanol–water partition coefficient (Wildman–Crippen LogP) is 4.67. The van der Waals surface area contributed by atoms with Crippen LogP contribution in [0.15, 0.2) is 41.0 Å². The zero-order valence-electron chi connectivity index (χ0n) is 17.7. The van der Waals surface area contributed by atoms with Gasteiger partial charge in [-0.2, -0.15) is 0 Å². The van der Waals surface area contributed by atoms with Crippen LogP contribution in [-0.4, -0.2) is 36.3 Å². The molecule has 160 valence electrons. The molecule has 1 aliphatic carbocycles. The van der Waals surface area contributed by atoms with Crippen LogP contribution < -0.4 is 10.2 Å². The van der Waals surface area contributed by atoms with Gasteiger partial charge in [0.25, 0.3) is 5.91 Å². The van der Waals surface area contributed by atoms with E-state index < -0.39 is 0 Å². The summed E-state index contributed by atoms with van der Waals surface area (Å²) in [6.45, 7) is 5.21. The summed E-state index contributed by atoms with van der Waals surface area (Å²) in [5.41, 5.74) is 2.26. The molecule has 0 radical (unpaired) electrons. The number of anilines is 2. The Bertz CT molecular complexity index is 868. The van der Waals surface area contributed by atoms with Gasteiger partial charge in [0.05, 0.1) is 24.1 Å². The van der Waals surface area contributed by atoms with Crippen molar-refractivity contribution in [1.29, 1.82) is 0 Å². The maximum atomic E-state index is 13.4. The number of nitrogens with zero attached hydrogens (tertiary/aromatic N) is 2. The molecule has 1 aromatic carbocycles. The van der Waals surface area contributed by atoms with E-state index in [1.165, 1.54) is 0 Å². The van der Waals surface area contributed by atoms with E-state index >= 15 is 0 Å². The molecule has 4 rings (SSSR count). The topological polar surface area (TPSA) is 65.8 Å². The molecule has 0 unspecified atom stereocenters. The average molecular weight is 410 g/mol. The number of nitrogens with one attached hydrogen (secondary N) is 1. The number of benzene rings is 1. The minimum Gasteiger partial charge on any atom is -0.467 e. The summed E-state index contributed by atoms with van der Waals surface area (Å²) in [5.74, 6) is 1.10. The molecule has 1 saturated carbocycles. The van der Waals surface area contributed by atoms with Crippen molar-refractivity contribution in [1.82, 2.24) is 4.90 Å². The van der Waals surface area contributed by atoms with E-state index in [2.05, 4.69) is 17.1 Å². The number of amides is 2. The molecule has 2 aliphatic rings. The first-order chi connectivity index (χ1) is 14.7. The van der Waals surface area contributed by atoms with Crippen LogP contribution in [0.1, 0.15) is 61.6 Å². The lowest BCUT2D eigenvalue weighted by atomic mass is 10.1.